The van der Waals surface area contributed by atoms with Crippen LogP contribution in [0.15, 0.2) is 0 Å². The second kappa shape index (κ2) is 3.66. The van der Waals surface area contributed by atoms with Crippen LogP contribution in [0.4, 0.5) is 0 Å². The van der Waals surface area contributed by atoms with Crippen molar-refractivity contribution in [2.45, 2.75) is 51.9 Å². The van der Waals surface area contributed by atoms with Gasteiger partial charge in [-0.05, 0) is 37.5 Å². The maximum atomic E-state index is 11.3. The lowest BCUT2D eigenvalue weighted by Crippen LogP contribution is -2.24. The predicted molar refractivity (Wildman–Crippen MR) is 65.0 cm³/mol. The lowest BCUT2D eigenvalue weighted by atomic mass is 9.74. The van der Waals surface area contributed by atoms with Crippen molar-refractivity contribution in [3.63, 3.8) is 0 Å². The third-order valence-electron chi connectivity index (χ3n) is 4.17. The number of carbonyl (C=O) groups excluding carboxylic acids is 1. The van der Waals surface area contributed by atoms with Crippen LogP contribution in [0.2, 0.25) is 0 Å². The van der Waals surface area contributed by atoms with Crippen molar-refractivity contribution >= 4 is 17.1 Å². The summed E-state index contributed by atoms with van der Waals surface area (Å²) in [6, 6.07) is 0. The fourth-order valence-corrected chi connectivity index (χ4v) is 4.41. The van der Waals surface area contributed by atoms with E-state index in [1.807, 2.05) is 0 Å². The monoisotopic (exact) mass is 235 g/mol. The maximum Gasteiger partial charge on any atom is 0.188 e. The molecule has 0 unspecified atom stereocenters. The van der Waals surface area contributed by atoms with Crippen molar-refractivity contribution < 1.29 is 4.79 Å². The van der Waals surface area contributed by atoms with E-state index in [1.54, 1.807) is 18.3 Å². The zero-order chi connectivity index (χ0) is 11.2. The number of fused-ring (bicyclic) bond motifs is 1. The number of nitrogens with zero attached hydrogens (tertiary/aromatic N) is 1. The Balaban J connectivity index is 1.91. The van der Waals surface area contributed by atoms with E-state index in [9.17, 15) is 4.79 Å². The van der Waals surface area contributed by atoms with Gasteiger partial charge in [0.05, 0.1) is 5.69 Å². The van der Waals surface area contributed by atoms with Crippen LogP contribution < -0.4 is 0 Å². The zero-order valence-electron chi connectivity index (χ0n) is 9.71. The molecule has 0 N–H and O–H groups in total. The smallest absolute Gasteiger partial charge is 0.188 e. The highest BCUT2D eigenvalue weighted by Crippen LogP contribution is 2.48. The lowest BCUT2D eigenvalue weighted by molar-refractivity contribution is 0.101. The summed E-state index contributed by atoms with van der Waals surface area (Å²) in [5.74, 6) is 0.125. The fourth-order valence-electron chi connectivity index (χ4n) is 3.23. The summed E-state index contributed by atoms with van der Waals surface area (Å²) in [4.78, 5) is 17.2. The van der Waals surface area contributed by atoms with Gasteiger partial charge in [0.25, 0.3) is 0 Å². The van der Waals surface area contributed by atoms with E-state index < -0.39 is 0 Å². The SMILES string of the molecule is CC(=O)c1nc2c(s1)CC1(CCCC1)CC2. The van der Waals surface area contributed by atoms with Gasteiger partial charge in [-0.15, -0.1) is 11.3 Å². The molecule has 1 aromatic heterocycles. The number of carbonyl (C=O) groups is 1. The van der Waals surface area contributed by atoms with Crippen molar-refractivity contribution in [1.29, 1.82) is 0 Å². The van der Waals surface area contributed by atoms with E-state index >= 15 is 0 Å². The first-order chi connectivity index (χ1) is 7.69. The van der Waals surface area contributed by atoms with Crippen LogP contribution in [0.25, 0.3) is 0 Å². The van der Waals surface area contributed by atoms with E-state index in [2.05, 4.69) is 4.98 Å². The highest BCUT2D eigenvalue weighted by Gasteiger charge is 2.38. The van der Waals surface area contributed by atoms with Crippen LogP contribution in [-0.4, -0.2) is 10.8 Å². The number of Topliss-reactive ketones (excluding diaryl/α,β-unsaturated/α-hetero) is 1. The molecule has 1 saturated carbocycles. The molecule has 1 fully saturated rings. The first-order valence-electron chi connectivity index (χ1n) is 6.18. The molecule has 0 radical (unpaired) electrons. The largest absolute Gasteiger partial charge is 0.292 e. The van der Waals surface area contributed by atoms with Crippen LogP contribution in [0.3, 0.4) is 0 Å². The Kier molecular flexibility index (Phi) is 2.39. The number of aromatic nitrogens is 1. The van der Waals surface area contributed by atoms with Gasteiger partial charge in [0.1, 0.15) is 0 Å². The summed E-state index contributed by atoms with van der Waals surface area (Å²) in [5.41, 5.74) is 1.79. The molecule has 1 aromatic rings. The van der Waals surface area contributed by atoms with E-state index in [-0.39, 0.29) is 5.78 Å². The van der Waals surface area contributed by atoms with Crippen molar-refractivity contribution in [2.75, 3.05) is 0 Å². The second-order valence-electron chi connectivity index (χ2n) is 5.33. The molecule has 0 amide bonds. The first kappa shape index (κ1) is 10.5. The molecule has 3 heteroatoms. The molecular weight excluding hydrogens is 218 g/mol. The Labute approximate surface area is 100 Å². The average molecular weight is 235 g/mol. The van der Waals surface area contributed by atoms with Crippen LogP contribution in [0.1, 0.15) is 59.4 Å². The molecule has 0 aliphatic heterocycles. The average Bonchev–Trinajstić information content (AvgIpc) is 2.85. The van der Waals surface area contributed by atoms with Gasteiger partial charge in [-0.3, -0.25) is 4.79 Å². The van der Waals surface area contributed by atoms with Gasteiger partial charge in [-0.2, -0.15) is 0 Å². The van der Waals surface area contributed by atoms with Gasteiger partial charge in [0.2, 0.25) is 0 Å². The quantitative estimate of drug-likeness (QED) is 0.698. The van der Waals surface area contributed by atoms with Gasteiger partial charge in [0, 0.05) is 11.8 Å². The minimum atomic E-state index is 0.125. The van der Waals surface area contributed by atoms with E-state index in [0.717, 1.165) is 11.4 Å². The summed E-state index contributed by atoms with van der Waals surface area (Å²) < 4.78 is 0. The van der Waals surface area contributed by atoms with E-state index in [4.69, 9.17) is 0 Å². The molecular formula is C13H17NOS. The summed E-state index contributed by atoms with van der Waals surface area (Å²) in [6.45, 7) is 1.62. The fraction of sp³-hybridized carbons (Fsp3) is 0.692. The molecule has 2 aliphatic carbocycles. The molecule has 86 valence electrons. The summed E-state index contributed by atoms with van der Waals surface area (Å²) >= 11 is 1.64. The number of aryl methyl sites for hydroxylation is 1. The summed E-state index contributed by atoms with van der Waals surface area (Å²) in [5, 5.41) is 0.722. The highest BCUT2D eigenvalue weighted by atomic mass is 32.1. The van der Waals surface area contributed by atoms with Gasteiger partial charge in [0.15, 0.2) is 10.8 Å². The number of rotatable bonds is 1. The molecule has 1 spiro atoms. The predicted octanol–water partition coefficient (Wildman–Crippen LogP) is 3.39. The van der Waals surface area contributed by atoms with Gasteiger partial charge < -0.3 is 0 Å². The summed E-state index contributed by atoms with van der Waals surface area (Å²) in [7, 11) is 0. The minimum Gasteiger partial charge on any atom is -0.292 e. The number of hydrogen-bond donors (Lipinski definition) is 0. The molecule has 0 bridgehead atoms. The second-order valence-corrected chi connectivity index (χ2v) is 6.41. The zero-order valence-corrected chi connectivity index (χ0v) is 10.5. The van der Waals surface area contributed by atoms with Crippen LogP contribution >= 0.6 is 11.3 Å². The minimum absolute atomic E-state index is 0.125. The van der Waals surface area contributed by atoms with Crippen molar-refractivity contribution in [2.24, 2.45) is 5.41 Å². The Bertz CT molecular complexity index is 429. The van der Waals surface area contributed by atoms with Gasteiger partial charge in [-0.25, -0.2) is 4.98 Å². The third-order valence-corrected chi connectivity index (χ3v) is 5.37. The molecule has 2 aliphatic rings. The Hall–Kier alpha value is -0.700. The normalized spacial score (nSPS) is 22.3. The van der Waals surface area contributed by atoms with E-state index in [0.29, 0.717) is 5.41 Å². The molecule has 16 heavy (non-hydrogen) atoms. The third kappa shape index (κ3) is 1.61. The lowest BCUT2D eigenvalue weighted by Gasteiger charge is -2.32. The summed E-state index contributed by atoms with van der Waals surface area (Å²) in [6.07, 6.45) is 9.15. The van der Waals surface area contributed by atoms with Gasteiger partial charge in [-0.1, -0.05) is 12.8 Å². The number of thiazole rings is 1. The number of ketones is 1. The first-order valence-corrected chi connectivity index (χ1v) is 7.00. The Morgan fingerprint density at radius 3 is 2.75 bits per heavy atom. The van der Waals surface area contributed by atoms with Crippen molar-refractivity contribution in [3.8, 4) is 0 Å². The standard InChI is InChI=1S/C13H17NOS/c1-9(15)12-14-10-4-7-13(5-2-3-6-13)8-11(10)16-12/h2-8H2,1H3. The van der Waals surface area contributed by atoms with Crippen LogP contribution in [-0.2, 0) is 12.8 Å². The van der Waals surface area contributed by atoms with Crippen LogP contribution in [0.5, 0.6) is 0 Å². The van der Waals surface area contributed by atoms with Crippen molar-refractivity contribution in [1.82, 2.24) is 4.98 Å². The Morgan fingerprint density at radius 1 is 1.31 bits per heavy atom. The highest BCUT2D eigenvalue weighted by molar-refractivity contribution is 7.13. The number of hydrogen-bond acceptors (Lipinski definition) is 3. The molecule has 3 rings (SSSR count). The Morgan fingerprint density at radius 2 is 2.06 bits per heavy atom. The molecule has 1 heterocycles. The maximum absolute atomic E-state index is 11.3. The van der Waals surface area contributed by atoms with Crippen molar-refractivity contribution in [3.05, 3.63) is 15.6 Å². The molecule has 0 aromatic carbocycles. The van der Waals surface area contributed by atoms with Gasteiger partial charge >= 0.3 is 0 Å². The topological polar surface area (TPSA) is 30.0 Å². The molecule has 0 atom stereocenters. The van der Waals surface area contributed by atoms with E-state index in [1.165, 1.54) is 49.1 Å². The molecule has 2 nitrogen and oxygen atoms in total. The van der Waals surface area contributed by atoms with Crippen LogP contribution in [0, 0.1) is 5.41 Å². The molecule has 0 saturated heterocycles.